The highest BCUT2D eigenvalue weighted by Gasteiger charge is 2.38. The van der Waals surface area contributed by atoms with Crippen LogP contribution in [-0.2, 0) is 32.6 Å². The Bertz CT molecular complexity index is 1110. The van der Waals surface area contributed by atoms with Gasteiger partial charge in [-0.05, 0) is 29.8 Å². The number of ether oxygens (including phenoxy) is 1. The maximum atomic E-state index is 12.7. The molecule has 0 aliphatic carbocycles. The first-order valence-corrected chi connectivity index (χ1v) is 13.6. The lowest BCUT2D eigenvalue weighted by Gasteiger charge is -2.23. The van der Waals surface area contributed by atoms with E-state index in [0.717, 1.165) is 16.1 Å². The molecule has 2 atom stereocenters. The number of carbonyl (C=O) groups excluding carboxylic acids is 2. The molecule has 0 aromatic heterocycles. The monoisotopic (exact) mass is 531 g/mol. The molecule has 0 saturated carbocycles. The SMILES string of the molecule is CS(=O)(=O)N1CSCC1C(=O)N[C@@H](Cc1ccc(OCc2c(Cl)cccc2Cl)cc1)C(N)=O. The minimum absolute atomic E-state index is 0.149. The number of benzene rings is 2. The van der Waals surface area contributed by atoms with Crippen LogP contribution in [0.4, 0.5) is 0 Å². The summed E-state index contributed by atoms with van der Waals surface area (Å²) in [4.78, 5) is 24.6. The van der Waals surface area contributed by atoms with E-state index in [4.69, 9.17) is 33.7 Å². The predicted molar refractivity (Wildman–Crippen MR) is 130 cm³/mol. The molecule has 33 heavy (non-hydrogen) atoms. The zero-order valence-electron chi connectivity index (χ0n) is 17.7. The number of carbonyl (C=O) groups is 2. The number of nitrogens with one attached hydrogen (secondary N) is 1. The molecule has 8 nitrogen and oxygen atoms in total. The molecule has 1 fully saturated rings. The van der Waals surface area contributed by atoms with E-state index >= 15 is 0 Å². The molecule has 1 unspecified atom stereocenters. The zero-order valence-corrected chi connectivity index (χ0v) is 20.8. The van der Waals surface area contributed by atoms with E-state index in [2.05, 4.69) is 5.32 Å². The summed E-state index contributed by atoms with van der Waals surface area (Å²) in [5.41, 5.74) is 6.90. The van der Waals surface area contributed by atoms with Crippen LogP contribution < -0.4 is 15.8 Å². The highest BCUT2D eigenvalue weighted by atomic mass is 35.5. The Balaban J connectivity index is 1.62. The van der Waals surface area contributed by atoms with Crippen molar-refractivity contribution in [3.8, 4) is 5.75 Å². The Kier molecular flexibility index (Phi) is 8.52. The molecular weight excluding hydrogens is 509 g/mol. The second-order valence-corrected chi connectivity index (χ2v) is 11.2. The van der Waals surface area contributed by atoms with Gasteiger partial charge in [-0.15, -0.1) is 11.8 Å². The van der Waals surface area contributed by atoms with Crippen molar-refractivity contribution in [3.05, 3.63) is 63.6 Å². The Labute approximate surface area is 206 Å². The van der Waals surface area contributed by atoms with Gasteiger partial charge >= 0.3 is 0 Å². The number of hydrogen-bond donors (Lipinski definition) is 2. The van der Waals surface area contributed by atoms with Crippen molar-refractivity contribution < 1.29 is 22.7 Å². The molecule has 0 spiro atoms. The molecule has 1 aliphatic rings. The molecule has 1 aliphatic heterocycles. The van der Waals surface area contributed by atoms with Gasteiger partial charge in [-0.25, -0.2) is 8.42 Å². The van der Waals surface area contributed by atoms with Gasteiger partial charge in [-0.2, -0.15) is 4.31 Å². The van der Waals surface area contributed by atoms with Crippen LogP contribution in [-0.4, -0.2) is 54.5 Å². The van der Waals surface area contributed by atoms with Crippen LogP contribution >= 0.6 is 35.0 Å². The highest BCUT2D eigenvalue weighted by molar-refractivity contribution is 8.00. The molecule has 178 valence electrons. The lowest BCUT2D eigenvalue weighted by molar-refractivity contribution is -0.129. The normalized spacial score (nSPS) is 17.5. The number of sulfonamides is 1. The number of thioether (sulfide) groups is 1. The Morgan fingerprint density at radius 2 is 1.85 bits per heavy atom. The van der Waals surface area contributed by atoms with E-state index in [-0.39, 0.29) is 18.9 Å². The summed E-state index contributed by atoms with van der Waals surface area (Å²) in [6.45, 7) is 0.189. The van der Waals surface area contributed by atoms with Crippen LogP contribution in [0.5, 0.6) is 5.75 Å². The summed E-state index contributed by atoms with van der Waals surface area (Å²) in [5.74, 6) is -0.189. The van der Waals surface area contributed by atoms with Gasteiger partial charge in [0, 0.05) is 27.8 Å². The first kappa shape index (κ1) is 25.6. The van der Waals surface area contributed by atoms with Crippen molar-refractivity contribution >= 4 is 56.8 Å². The largest absolute Gasteiger partial charge is 0.489 e. The second kappa shape index (κ2) is 11.0. The number of amides is 2. The van der Waals surface area contributed by atoms with E-state index in [1.807, 2.05) is 0 Å². The summed E-state index contributed by atoms with van der Waals surface area (Å²) in [6.07, 6.45) is 1.20. The van der Waals surface area contributed by atoms with Crippen LogP contribution in [0.15, 0.2) is 42.5 Å². The van der Waals surface area contributed by atoms with Gasteiger partial charge in [0.05, 0.1) is 12.1 Å². The Hall–Kier alpha value is -1.98. The quantitative estimate of drug-likeness (QED) is 0.512. The fourth-order valence-electron chi connectivity index (χ4n) is 3.23. The molecule has 0 radical (unpaired) electrons. The zero-order chi connectivity index (χ0) is 24.2. The summed E-state index contributed by atoms with van der Waals surface area (Å²) in [7, 11) is -3.54. The molecule has 2 aromatic carbocycles. The number of nitrogens with zero attached hydrogens (tertiary/aromatic N) is 1. The molecule has 2 amide bonds. The van der Waals surface area contributed by atoms with Crippen molar-refractivity contribution in [2.75, 3.05) is 17.9 Å². The average Bonchev–Trinajstić information content (AvgIpc) is 3.25. The predicted octanol–water partition coefficient (Wildman–Crippen LogP) is 2.42. The fourth-order valence-corrected chi connectivity index (χ4v) is 6.48. The second-order valence-electron chi connectivity index (χ2n) is 7.47. The van der Waals surface area contributed by atoms with Crippen molar-refractivity contribution in [1.82, 2.24) is 9.62 Å². The van der Waals surface area contributed by atoms with E-state index < -0.39 is 33.9 Å². The van der Waals surface area contributed by atoms with Gasteiger partial charge in [0.2, 0.25) is 21.8 Å². The summed E-state index contributed by atoms with van der Waals surface area (Å²) in [6, 6.07) is 10.3. The third-order valence-corrected chi connectivity index (χ3v) is 8.16. The van der Waals surface area contributed by atoms with Gasteiger partial charge < -0.3 is 15.8 Å². The third kappa shape index (κ3) is 6.77. The van der Waals surface area contributed by atoms with Crippen molar-refractivity contribution in [2.24, 2.45) is 5.73 Å². The molecule has 0 bridgehead atoms. The number of halogens is 2. The van der Waals surface area contributed by atoms with Gasteiger partial charge in [0.1, 0.15) is 24.4 Å². The van der Waals surface area contributed by atoms with Crippen LogP contribution in [0.25, 0.3) is 0 Å². The molecule has 1 saturated heterocycles. The topological polar surface area (TPSA) is 119 Å². The van der Waals surface area contributed by atoms with Gasteiger partial charge in [-0.3, -0.25) is 9.59 Å². The minimum atomic E-state index is -3.54. The van der Waals surface area contributed by atoms with Crippen molar-refractivity contribution in [2.45, 2.75) is 25.1 Å². The van der Waals surface area contributed by atoms with E-state index in [9.17, 15) is 18.0 Å². The maximum Gasteiger partial charge on any atom is 0.240 e. The third-order valence-electron chi connectivity index (χ3n) is 5.04. The van der Waals surface area contributed by atoms with Crippen molar-refractivity contribution in [3.63, 3.8) is 0 Å². The van der Waals surface area contributed by atoms with E-state index in [1.165, 1.54) is 11.8 Å². The number of nitrogens with two attached hydrogens (primary N) is 1. The van der Waals surface area contributed by atoms with Crippen molar-refractivity contribution in [1.29, 1.82) is 0 Å². The minimum Gasteiger partial charge on any atom is -0.489 e. The standard InChI is InChI=1S/C21H23Cl2N3O5S2/c1-33(29,30)26-12-32-11-19(26)21(28)25-18(20(24)27)9-13-5-7-14(8-6-13)31-10-15-16(22)3-2-4-17(15)23/h2-8,18-19H,9-12H2,1H3,(H2,24,27)(H,25,28)/t18-,19?/m0/s1. The maximum absolute atomic E-state index is 12.7. The van der Waals surface area contributed by atoms with Crippen LogP contribution in [0.3, 0.4) is 0 Å². The average molecular weight is 532 g/mol. The van der Waals surface area contributed by atoms with Gasteiger partial charge in [-0.1, -0.05) is 41.4 Å². The lowest BCUT2D eigenvalue weighted by Crippen LogP contribution is -2.53. The number of rotatable bonds is 9. The number of hydrogen-bond acceptors (Lipinski definition) is 6. The molecule has 1 heterocycles. The number of primary amides is 1. The fraction of sp³-hybridized carbons (Fsp3) is 0.333. The first-order valence-electron chi connectivity index (χ1n) is 9.85. The lowest BCUT2D eigenvalue weighted by atomic mass is 10.0. The molecule has 3 N–H and O–H groups in total. The molecule has 12 heteroatoms. The van der Waals surface area contributed by atoms with Gasteiger partial charge in [0.15, 0.2) is 0 Å². The summed E-state index contributed by atoms with van der Waals surface area (Å²) in [5, 5.41) is 3.61. The van der Waals surface area contributed by atoms with Crippen LogP contribution in [0.1, 0.15) is 11.1 Å². The summed E-state index contributed by atoms with van der Waals surface area (Å²) < 4.78 is 30.6. The highest BCUT2D eigenvalue weighted by Crippen LogP contribution is 2.26. The molecule has 3 rings (SSSR count). The smallest absolute Gasteiger partial charge is 0.240 e. The molecule has 2 aromatic rings. The Morgan fingerprint density at radius 1 is 1.21 bits per heavy atom. The first-order chi connectivity index (χ1) is 15.6. The van der Waals surface area contributed by atoms with E-state index in [1.54, 1.807) is 42.5 Å². The Morgan fingerprint density at radius 3 is 2.42 bits per heavy atom. The summed E-state index contributed by atoms with van der Waals surface area (Å²) >= 11 is 13.6. The molecular formula is C21H23Cl2N3O5S2. The van der Waals surface area contributed by atoms with E-state index in [0.29, 0.717) is 27.1 Å². The van der Waals surface area contributed by atoms with Gasteiger partial charge in [0.25, 0.3) is 0 Å². The van der Waals surface area contributed by atoms with Crippen LogP contribution in [0, 0.1) is 0 Å². The van der Waals surface area contributed by atoms with Crippen LogP contribution in [0.2, 0.25) is 10.0 Å².